The standard InChI is InChI=1S/C20H27N5O2S/c1-3-5-18(26)22-16-6-4-11-24(12-16)19(27)13-28-20-23-21-14-25(20)17-9-7-15(2)8-10-17/h7-10,14,16H,3-6,11-13H2,1-2H3,(H,22,26). The van der Waals surface area contributed by atoms with Crippen molar-refractivity contribution in [1.82, 2.24) is 25.0 Å². The Morgan fingerprint density at radius 3 is 2.82 bits per heavy atom. The molecule has 1 unspecified atom stereocenters. The van der Waals surface area contributed by atoms with Crippen molar-refractivity contribution in [3.05, 3.63) is 36.2 Å². The van der Waals surface area contributed by atoms with Crippen LogP contribution >= 0.6 is 11.8 Å². The van der Waals surface area contributed by atoms with Gasteiger partial charge in [-0.15, -0.1) is 10.2 Å². The summed E-state index contributed by atoms with van der Waals surface area (Å²) >= 11 is 1.39. The van der Waals surface area contributed by atoms with Crippen molar-refractivity contribution in [2.24, 2.45) is 0 Å². The van der Waals surface area contributed by atoms with Gasteiger partial charge in [-0.3, -0.25) is 14.2 Å². The lowest BCUT2D eigenvalue weighted by Gasteiger charge is -2.33. The molecule has 0 saturated carbocycles. The van der Waals surface area contributed by atoms with Gasteiger partial charge in [-0.05, 0) is 38.3 Å². The summed E-state index contributed by atoms with van der Waals surface area (Å²) in [6.45, 7) is 5.35. The molecule has 1 atom stereocenters. The Labute approximate surface area is 169 Å². The Kier molecular flexibility index (Phi) is 7.08. The maximum atomic E-state index is 12.7. The summed E-state index contributed by atoms with van der Waals surface area (Å²) in [6.07, 6.45) is 4.87. The zero-order valence-electron chi connectivity index (χ0n) is 16.4. The van der Waals surface area contributed by atoms with E-state index in [4.69, 9.17) is 0 Å². The highest BCUT2D eigenvalue weighted by Crippen LogP contribution is 2.21. The number of nitrogens with one attached hydrogen (secondary N) is 1. The van der Waals surface area contributed by atoms with Crippen LogP contribution in [0.25, 0.3) is 5.69 Å². The van der Waals surface area contributed by atoms with Crippen LogP contribution in [0.15, 0.2) is 35.7 Å². The Morgan fingerprint density at radius 2 is 2.07 bits per heavy atom. The molecule has 2 aromatic rings. The van der Waals surface area contributed by atoms with Crippen LogP contribution < -0.4 is 5.32 Å². The number of amides is 2. The molecule has 1 aliphatic rings. The number of carbonyl (C=O) groups excluding carboxylic acids is 2. The maximum absolute atomic E-state index is 12.7. The summed E-state index contributed by atoms with van der Waals surface area (Å²) in [4.78, 5) is 26.4. The van der Waals surface area contributed by atoms with E-state index in [1.807, 2.05) is 47.6 Å². The van der Waals surface area contributed by atoms with Gasteiger partial charge in [-0.2, -0.15) is 0 Å². The molecule has 150 valence electrons. The second-order valence-electron chi connectivity index (χ2n) is 7.10. The fourth-order valence-electron chi connectivity index (χ4n) is 3.27. The minimum atomic E-state index is 0.0537. The third kappa shape index (κ3) is 5.34. The number of benzene rings is 1. The van der Waals surface area contributed by atoms with E-state index in [0.717, 1.165) is 31.5 Å². The molecule has 0 spiro atoms. The number of piperidine rings is 1. The number of rotatable bonds is 7. The molecule has 0 aliphatic carbocycles. The van der Waals surface area contributed by atoms with Crippen molar-refractivity contribution in [1.29, 1.82) is 0 Å². The lowest BCUT2D eigenvalue weighted by atomic mass is 10.1. The summed E-state index contributed by atoms with van der Waals surface area (Å²) in [7, 11) is 0. The van der Waals surface area contributed by atoms with E-state index in [0.29, 0.717) is 23.9 Å². The van der Waals surface area contributed by atoms with Crippen molar-refractivity contribution < 1.29 is 9.59 Å². The van der Waals surface area contributed by atoms with Crippen LogP contribution in [0.4, 0.5) is 0 Å². The van der Waals surface area contributed by atoms with Gasteiger partial charge in [-0.25, -0.2) is 0 Å². The van der Waals surface area contributed by atoms with E-state index in [-0.39, 0.29) is 17.9 Å². The van der Waals surface area contributed by atoms with Gasteiger partial charge in [0.25, 0.3) is 0 Å². The number of nitrogens with zero attached hydrogens (tertiary/aromatic N) is 4. The molecule has 1 aromatic heterocycles. The van der Waals surface area contributed by atoms with E-state index >= 15 is 0 Å². The van der Waals surface area contributed by atoms with Crippen molar-refractivity contribution >= 4 is 23.6 Å². The summed E-state index contributed by atoms with van der Waals surface area (Å²) in [6, 6.07) is 8.15. The number of hydrogen-bond acceptors (Lipinski definition) is 5. The molecule has 1 aliphatic heterocycles. The van der Waals surface area contributed by atoms with Gasteiger partial charge in [0, 0.05) is 31.2 Å². The average molecular weight is 402 g/mol. The minimum Gasteiger partial charge on any atom is -0.352 e. The molecule has 1 N–H and O–H groups in total. The van der Waals surface area contributed by atoms with Gasteiger partial charge in [0.15, 0.2) is 5.16 Å². The van der Waals surface area contributed by atoms with Gasteiger partial charge >= 0.3 is 0 Å². The average Bonchev–Trinajstić information content (AvgIpc) is 3.15. The Morgan fingerprint density at radius 1 is 1.29 bits per heavy atom. The number of hydrogen-bond donors (Lipinski definition) is 1. The molecular weight excluding hydrogens is 374 g/mol. The largest absolute Gasteiger partial charge is 0.352 e. The molecule has 1 aromatic carbocycles. The third-order valence-electron chi connectivity index (χ3n) is 4.77. The molecule has 28 heavy (non-hydrogen) atoms. The van der Waals surface area contributed by atoms with E-state index < -0.39 is 0 Å². The quantitative estimate of drug-likeness (QED) is 0.722. The Balaban J connectivity index is 1.55. The first-order valence-corrected chi connectivity index (χ1v) is 10.7. The van der Waals surface area contributed by atoms with Crippen LogP contribution in [0.3, 0.4) is 0 Å². The van der Waals surface area contributed by atoms with Gasteiger partial charge < -0.3 is 10.2 Å². The van der Waals surface area contributed by atoms with Crippen LogP contribution in [0, 0.1) is 6.92 Å². The molecule has 2 amide bonds. The van der Waals surface area contributed by atoms with Gasteiger partial charge in [0.1, 0.15) is 6.33 Å². The predicted octanol–water partition coefficient (Wildman–Crippen LogP) is 2.58. The smallest absolute Gasteiger partial charge is 0.233 e. The topological polar surface area (TPSA) is 80.1 Å². The van der Waals surface area contributed by atoms with E-state index in [1.165, 1.54) is 17.3 Å². The zero-order chi connectivity index (χ0) is 19.9. The van der Waals surface area contributed by atoms with Crippen LogP contribution in [-0.4, -0.2) is 56.4 Å². The third-order valence-corrected chi connectivity index (χ3v) is 5.70. The summed E-state index contributed by atoms with van der Waals surface area (Å²) in [5.74, 6) is 0.445. The fourth-order valence-corrected chi connectivity index (χ4v) is 4.10. The van der Waals surface area contributed by atoms with Crippen LogP contribution in [0.5, 0.6) is 0 Å². The molecule has 1 fully saturated rings. The second kappa shape index (κ2) is 9.73. The molecule has 1 saturated heterocycles. The Hall–Kier alpha value is -2.35. The van der Waals surface area contributed by atoms with Crippen molar-refractivity contribution in [3.8, 4) is 5.69 Å². The van der Waals surface area contributed by atoms with Gasteiger partial charge in [-0.1, -0.05) is 36.4 Å². The first-order valence-electron chi connectivity index (χ1n) is 9.74. The van der Waals surface area contributed by atoms with Crippen molar-refractivity contribution in [2.75, 3.05) is 18.8 Å². The number of aromatic nitrogens is 3. The minimum absolute atomic E-state index is 0.0537. The summed E-state index contributed by atoms with van der Waals surface area (Å²) in [5.41, 5.74) is 2.16. The van der Waals surface area contributed by atoms with Crippen molar-refractivity contribution in [3.63, 3.8) is 0 Å². The first kappa shape index (κ1) is 20.4. The first-order chi connectivity index (χ1) is 13.6. The molecule has 0 radical (unpaired) electrons. The number of likely N-dealkylation sites (tertiary alicyclic amines) is 1. The molecule has 0 bridgehead atoms. The maximum Gasteiger partial charge on any atom is 0.233 e. The molecule has 3 rings (SSSR count). The Bertz CT molecular complexity index is 805. The monoisotopic (exact) mass is 401 g/mol. The molecule has 2 heterocycles. The van der Waals surface area contributed by atoms with E-state index in [2.05, 4.69) is 15.5 Å². The predicted molar refractivity (Wildman–Crippen MR) is 109 cm³/mol. The second-order valence-corrected chi connectivity index (χ2v) is 8.05. The lowest BCUT2D eigenvalue weighted by molar-refractivity contribution is -0.131. The van der Waals surface area contributed by atoms with Crippen LogP contribution in [-0.2, 0) is 9.59 Å². The molecular formula is C20H27N5O2S. The highest BCUT2D eigenvalue weighted by atomic mass is 32.2. The van der Waals surface area contributed by atoms with Crippen molar-refractivity contribution in [2.45, 2.75) is 50.7 Å². The molecule has 7 nitrogen and oxygen atoms in total. The lowest BCUT2D eigenvalue weighted by Crippen LogP contribution is -2.50. The zero-order valence-corrected chi connectivity index (χ0v) is 17.2. The van der Waals surface area contributed by atoms with Gasteiger partial charge in [0.05, 0.1) is 5.75 Å². The van der Waals surface area contributed by atoms with Crippen LogP contribution in [0.1, 0.15) is 38.2 Å². The fraction of sp³-hybridized carbons (Fsp3) is 0.500. The van der Waals surface area contributed by atoms with Crippen LogP contribution in [0.2, 0.25) is 0 Å². The normalized spacial score (nSPS) is 16.8. The molecule has 8 heteroatoms. The van der Waals surface area contributed by atoms with Gasteiger partial charge in [0.2, 0.25) is 11.8 Å². The summed E-state index contributed by atoms with van der Waals surface area (Å²) in [5, 5.41) is 11.9. The number of thioether (sulfide) groups is 1. The summed E-state index contributed by atoms with van der Waals surface area (Å²) < 4.78 is 1.89. The SMILES string of the molecule is CCCC(=O)NC1CCCN(C(=O)CSc2nncn2-c2ccc(C)cc2)C1. The number of aryl methyl sites for hydroxylation is 1. The van der Waals surface area contributed by atoms with E-state index in [9.17, 15) is 9.59 Å². The van der Waals surface area contributed by atoms with E-state index in [1.54, 1.807) is 6.33 Å². The number of carbonyl (C=O) groups is 2. The highest BCUT2D eigenvalue weighted by molar-refractivity contribution is 7.99. The highest BCUT2D eigenvalue weighted by Gasteiger charge is 2.25.